The number of hydrogen-bond donors (Lipinski definition) is 1. The molecule has 160 valence electrons. The SMILES string of the molecule is Cc1ccc(-c2cc(-c3cccc(C)c3C)c(S(=O)(=O)Nc3onc(C)c3Br)s2)cc1. The molecule has 0 aliphatic rings. The molecule has 0 saturated heterocycles. The van der Waals surface area contributed by atoms with Crippen molar-refractivity contribution >= 4 is 43.2 Å². The highest BCUT2D eigenvalue weighted by Crippen LogP contribution is 2.42. The van der Waals surface area contributed by atoms with Gasteiger partial charge in [-0.15, -0.1) is 11.3 Å². The summed E-state index contributed by atoms with van der Waals surface area (Å²) in [6, 6.07) is 15.9. The van der Waals surface area contributed by atoms with Crippen molar-refractivity contribution in [1.29, 1.82) is 0 Å². The van der Waals surface area contributed by atoms with E-state index < -0.39 is 10.0 Å². The summed E-state index contributed by atoms with van der Waals surface area (Å²) in [6.07, 6.45) is 0. The minimum atomic E-state index is -3.92. The average Bonchev–Trinajstić information content (AvgIpc) is 3.30. The van der Waals surface area contributed by atoms with Crippen molar-refractivity contribution in [2.45, 2.75) is 31.9 Å². The third kappa shape index (κ3) is 4.20. The van der Waals surface area contributed by atoms with E-state index in [4.69, 9.17) is 4.52 Å². The summed E-state index contributed by atoms with van der Waals surface area (Å²) in [4.78, 5) is 0.879. The van der Waals surface area contributed by atoms with E-state index in [2.05, 4.69) is 25.8 Å². The lowest BCUT2D eigenvalue weighted by Gasteiger charge is -2.10. The molecule has 0 radical (unpaired) electrons. The van der Waals surface area contributed by atoms with Gasteiger partial charge < -0.3 is 4.52 Å². The Morgan fingerprint density at radius 2 is 1.71 bits per heavy atom. The molecular weight excluding hydrogens is 496 g/mol. The number of nitrogens with one attached hydrogen (secondary N) is 1. The van der Waals surface area contributed by atoms with Gasteiger partial charge in [0.25, 0.3) is 15.9 Å². The van der Waals surface area contributed by atoms with Crippen molar-refractivity contribution in [3.8, 4) is 21.6 Å². The predicted molar refractivity (Wildman–Crippen MR) is 129 cm³/mol. The number of thiophene rings is 1. The number of rotatable bonds is 5. The van der Waals surface area contributed by atoms with Gasteiger partial charge in [-0.1, -0.05) is 53.2 Å². The Kier molecular flexibility index (Phi) is 5.81. The third-order valence-electron chi connectivity index (χ3n) is 5.19. The fourth-order valence-electron chi connectivity index (χ4n) is 3.25. The Morgan fingerprint density at radius 3 is 2.35 bits per heavy atom. The Bertz CT molecular complexity index is 1370. The van der Waals surface area contributed by atoms with Crippen LogP contribution >= 0.6 is 27.3 Å². The van der Waals surface area contributed by atoms with Crippen LogP contribution < -0.4 is 4.72 Å². The van der Waals surface area contributed by atoms with E-state index in [9.17, 15) is 8.42 Å². The standard InChI is InChI=1S/C23H21BrN2O3S2/c1-13-8-10-17(11-9-13)20-12-19(18-7-5-6-14(2)15(18)3)23(30-20)31(27,28)26-22-21(24)16(4)25-29-22/h5-12,26H,1-4H3. The van der Waals surface area contributed by atoms with Crippen LogP contribution in [0.4, 0.5) is 5.88 Å². The van der Waals surface area contributed by atoms with Gasteiger partial charge in [-0.25, -0.2) is 13.1 Å². The molecule has 0 atom stereocenters. The van der Waals surface area contributed by atoms with Crippen molar-refractivity contribution in [3.05, 3.63) is 75.4 Å². The van der Waals surface area contributed by atoms with E-state index in [1.165, 1.54) is 11.3 Å². The number of hydrogen-bond acceptors (Lipinski definition) is 5. The maximum Gasteiger partial charge on any atom is 0.274 e. The first-order valence-corrected chi connectivity index (χ1v) is 12.7. The molecular formula is C23H21BrN2O3S2. The van der Waals surface area contributed by atoms with Crippen molar-refractivity contribution in [2.24, 2.45) is 0 Å². The summed E-state index contributed by atoms with van der Waals surface area (Å²) in [5.41, 5.74) is 6.40. The molecule has 0 aliphatic heterocycles. The highest BCUT2D eigenvalue weighted by molar-refractivity contribution is 9.10. The summed E-state index contributed by atoms with van der Waals surface area (Å²) in [7, 11) is -3.92. The zero-order valence-electron chi connectivity index (χ0n) is 17.5. The summed E-state index contributed by atoms with van der Waals surface area (Å²) >= 11 is 4.57. The second-order valence-electron chi connectivity index (χ2n) is 7.44. The number of sulfonamides is 1. The normalized spacial score (nSPS) is 11.6. The van der Waals surface area contributed by atoms with Crippen LogP contribution in [0.3, 0.4) is 0 Å². The molecule has 2 aromatic carbocycles. The van der Waals surface area contributed by atoms with E-state index >= 15 is 0 Å². The van der Waals surface area contributed by atoms with E-state index in [0.717, 1.165) is 32.7 Å². The van der Waals surface area contributed by atoms with Crippen LogP contribution in [0.15, 0.2) is 61.7 Å². The van der Waals surface area contributed by atoms with E-state index in [0.29, 0.717) is 15.7 Å². The number of halogens is 1. The molecule has 4 aromatic rings. The zero-order valence-corrected chi connectivity index (χ0v) is 20.7. The van der Waals surface area contributed by atoms with Gasteiger partial charge in [0.05, 0.1) is 5.69 Å². The van der Waals surface area contributed by atoms with Gasteiger partial charge in [0.15, 0.2) is 0 Å². The third-order valence-corrected chi connectivity index (χ3v) is 9.17. The first-order valence-electron chi connectivity index (χ1n) is 9.59. The molecule has 1 N–H and O–H groups in total. The van der Waals surface area contributed by atoms with Crippen LogP contribution in [-0.2, 0) is 10.0 Å². The quantitative estimate of drug-likeness (QED) is 0.314. The fraction of sp³-hybridized carbons (Fsp3) is 0.174. The fourth-order valence-corrected chi connectivity index (χ4v) is 6.31. The maximum absolute atomic E-state index is 13.4. The van der Waals surface area contributed by atoms with Crippen LogP contribution in [0.1, 0.15) is 22.4 Å². The lowest BCUT2D eigenvalue weighted by atomic mass is 9.98. The van der Waals surface area contributed by atoms with Gasteiger partial charge in [0, 0.05) is 10.4 Å². The Morgan fingerprint density at radius 1 is 1.00 bits per heavy atom. The summed E-state index contributed by atoms with van der Waals surface area (Å²) in [6.45, 7) is 7.78. The van der Waals surface area contributed by atoms with Crippen LogP contribution in [0.25, 0.3) is 21.6 Å². The van der Waals surface area contributed by atoms with Crippen molar-refractivity contribution in [3.63, 3.8) is 0 Å². The molecule has 0 aliphatic carbocycles. The van der Waals surface area contributed by atoms with Gasteiger partial charge >= 0.3 is 0 Å². The summed E-state index contributed by atoms with van der Waals surface area (Å²) < 4.78 is 35.3. The summed E-state index contributed by atoms with van der Waals surface area (Å²) in [5, 5.41) is 3.82. The second-order valence-corrected chi connectivity index (χ2v) is 11.2. The monoisotopic (exact) mass is 516 g/mol. The second kappa shape index (κ2) is 8.26. The number of aromatic nitrogens is 1. The molecule has 0 unspecified atom stereocenters. The van der Waals surface area contributed by atoms with Gasteiger partial charge in [0.2, 0.25) is 0 Å². The summed E-state index contributed by atoms with van der Waals surface area (Å²) in [5.74, 6) is 0.0645. The molecule has 2 heterocycles. The zero-order chi connectivity index (χ0) is 22.3. The smallest absolute Gasteiger partial charge is 0.274 e. The minimum absolute atomic E-state index is 0.0645. The highest BCUT2D eigenvalue weighted by Gasteiger charge is 2.27. The van der Waals surface area contributed by atoms with Gasteiger partial charge in [0.1, 0.15) is 8.68 Å². The molecule has 31 heavy (non-hydrogen) atoms. The van der Waals surface area contributed by atoms with Crippen LogP contribution in [-0.4, -0.2) is 13.6 Å². The molecule has 5 nitrogen and oxygen atoms in total. The van der Waals surface area contributed by atoms with Gasteiger partial charge in [-0.05, 0) is 71.9 Å². The predicted octanol–water partition coefficient (Wildman–Crippen LogP) is 6.87. The molecule has 4 rings (SSSR count). The number of benzene rings is 2. The van der Waals surface area contributed by atoms with Crippen molar-refractivity contribution in [1.82, 2.24) is 5.16 Å². The van der Waals surface area contributed by atoms with Crippen molar-refractivity contribution in [2.75, 3.05) is 4.72 Å². The largest absolute Gasteiger partial charge is 0.336 e. The Hall–Kier alpha value is -2.42. The Labute approximate surface area is 194 Å². The molecule has 0 bridgehead atoms. The van der Waals surface area contributed by atoms with Gasteiger partial charge in [-0.2, -0.15) is 0 Å². The molecule has 2 aromatic heterocycles. The lowest BCUT2D eigenvalue weighted by molar-refractivity contribution is 0.430. The first kappa shape index (κ1) is 21.8. The van der Waals surface area contributed by atoms with Crippen molar-refractivity contribution < 1.29 is 12.9 Å². The first-order chi connectivity index (χ1) is 14.7. The minimum Gasteiger partial charge on any atom is -0.336 e. The van der Waals surface area contributed by atoms with E-state index in [1.54, 1.807) is 6.92 Å². The molecule has 0 fully saturated rings. The Balaban J connectivity index is 1.90. The van der Waals surface area contributed by atoms with E-state index in [-0.39, 0.29) is 10.1 Å². The topological polar surface area (TPSA) is 72.2 Å². The molecule has 8 heteroatoms. The van der Waals surface area contributed by atoms with Crippen LogP contribution in [0.2, 0.25) is 0 Å². The van der Waals surface area contributed by atoms with Crippen LogP contribution in [0, 0.1) is 27.7 Å². The number of nitrogens with zero attached hydrogens (tertiary/aromatic N) is 1. The maximum atomic E-state index is 13.4. The van der Waals surface area contributed by atoms with Gasteiger partial charge in [-0.3, -0.25) is 0 Å². The number of anilines is 1. The highest BCUT2D eigenvalue weighted by atomic mass is 79.9. The van der Waals surface area contributed by atoms with Crippen LogP contribution in [0.5, 0.6) is 0 Å². The average molecular weight is 517 g/mol. The molecule has 0 amide bonds. The number of aryl methyl sites for hydroxylation is 3. The molecule has 0 saturated carbocycles. The van der Waals surface area contributed by atoms with E-state index in [1.807, 2.05) is 69.3 Å². The molecule has 0 spiro atoms. The lowest BCUT2D eigenvalue weighted by Crippen LogP contribution is -2.12.